The number of anilines is 2. The molecule has 0 aliphatic carbocycles. The number of imidazole rings is 1. The number of hydrogen-bond donors (Lipinski definition) is 4. The molecule has 0 atom stereocenters. The maximum atomic E-state index is 13.3. The summed E-state index contributed by atoms with van der Waals surface area (Å²) in [7, 11) is 0. The Hall–Kier alpha value is -5.25. The topological polar surface area (TPSA) is 133 Å². The van der Waals surface area contributed by atoms with Crippen molar-refractivity contribution in [2.45, 2.75) is 39.0 Å². The summed E-state index contributed by atoms with van der Waals surface area (Å²) < 4.78 is 1.74. The van der Waals surface area contributed by atoms with E-state index in [1.807, 2.05) is 66.7 Å². The van der Waals surface area contributed by atoms with Gasteiger partial charge in [0.2, 0.25) is 0 Å². The zero-order chi connectivity index (χ0) is 28.6. The van der Waals surface area contributed by atoms with Crippen molar-refractivity contribution in [2.24, 2.45) is 0 Å². The Bertz CT molecular complexity index is 1930. The van der Waals surface area contributed by atoms with Crippen LogP contribution >= 0.6 is 0 Å². The molecule has 0 bridgehead atoms. The Balaban J connectivity index is 1.25. The number of carbonyl (C=O) groups excluding carboxylic acids is 1. The van der Waals surface area contributed by atoms with E-state index < -0.39 is 6.03 Å². The Kier molecular flexibility index (Phi) is 6.58. The van der Waals surface area contributed by atoms with Crippen LogP contribution in [0.1, 0.15) is 37.6 Å². The van der Waals surface area contributed by atoms with Gasteiger partial charge in [0.15, 0.2) is 5.65 Å². The minimum atomic E-state index is -0.391. The van der Waals surface area contributed by atoms with Crippen LogP contribution < -0.4 is 16.3 Å². The van der Waals surface area contributed by atoms with Crippen LogP contribution in [0, 0.1) is 0 Å². The average molecular weight is 547 g/mol. The molecule has 4 heterocycles. The molecule has 10 heteroatoms. The normalized spacial score (nSPS) is 11.7. The lowest BCUT2D eigenvalue weighted by atomic mass is 9.92. The van der Waals surface area contributed by atoms with Gasteiger partial charge in [-0.1, -0.05) is 51.1 Å². The third-order valence-corrected chi connectivity index (χ3v) is 7.00. The smallest absolute Gasteiger partial charge is 0.306 e. The van der Waals surface area contributed by atoms with Crippen molar-refractivity contribution in [3.63, 3.8) is 0 Å². The number of aromatic nitrogens is 6. The second kappa shape index (κ2) is 10.4. The van der Waals surface area contributed by atoms with Crippen molar-refractivity contribution in [2.75, 3.05) is 10.6 Å². The van der Waals surface area contributed by atoms with Crippen LogP contribution in [0.4, 0.5) is 16.3 Å². The first-order valence-corrected chi connectivity index (χ1v) is 13.4. The first-order valence-electron chi connectivity index (χ1n) is 13.4. The van der Waals surface area contributed by atoms with E-state index in [-0.39, 0.29) is 11.1 Å². The fourth-order valence-electron chi connectivity index (χ4n) is 4.89. The quantitative estimate of drug-likeness (QED) is 0.212. The van der Waals surface area contributed by atoms with Crippen molar-refractivity contribution in [3.8, 4) is 5.69 Å². The van der Waals surface area contributed by atoms with Gasteiger partial charge in [-0.3, -0.25) is 15.3 Å². The van der Waals surface area contributed by atoms with Gasteiger partial charge in [0.05, 0.1) is 28.1 Å². The average Bonchev–Trinajstić information content (AvgIpc) is 3.56. The molecule has 0 saturated heterocycles. The molecule has 0 aliphatic rings. The molecular formula is C31H30N8O2. The highest BCUT2D eigenvalue weighted by atomic mass is 16.2. The minimum absolute atomic E-state index is 0.193. The van der Waals surface area contributed by atoms with E-state index in [2.05, 4.69) is 51.3 Å². The minimum Gasteiger partial charge on any atom is -0.306 e. The molecule has 6 rings (SSSR count). The van der Waals surface area contributed by atoms with Gasteiger partial charge in [0.1, 0.15) is 5.82 Å². The largest absolute Gasteiger partial charge is 0.325 e. The molecule has 10 nitrogen and oxygen atoms in total. The highest BCUT2D eigenvalue weighted by molar-refractivity contribution is 6.05. The number of H-pyrrole nitrogens is 2. The summed E-state index contributed by atoms with van der Waals surface area (Å²) in [5.74, 6) is 0.568. The van der Waals surface area contributed by atoms with Crippen LogP contribution in [-0.4, -0.2) is 35.7 Å². The number of benzene rings is 2. The van der Waals surface area contributed by atoms with Crippen LogP contribution in [0.2, 0.25) is 0 Å². The first-order chi connectivity index (χ1) is 19.8. The SMILES string of the molecule is CC(C)(C)c1cc(NC(=O)Nc2ccc(CCc3ccnc4[nH]c(=O)[nH]c34)c3cccnc23)n(-c2ccccc2)n1. The zero-order valence-electron chi connectivity index (χ0n) is 23.0. The summed E-state index contributed by atoms with van der Waals surface area (Å²) in [5.41, 5.74) is 5.90. The van der Waals surface area contributed by atoms with Gasteiger partial charge < -0.3 is 10.3 Å². The van der Waals surface area contributed by atoms with Crippen LogP contribution in [0.5, 0.6) is 0 Å². The molecular weight excluding hydrogens is 516 g/mol. The number of para-hydroxylation sites is 1. The highest BCUT2D eigenvalue weighted by Crippen LogP contribution is 2.28. The van der Waals surface area contributed by atoms with Crippen molar-refractivity contribution in [1.82, 2.24) is 29.7 Å². The number of amides is 2. The number of fused-ring (bicyclic) bond motifs is 2. The predicted octanol–water partition coefficient (Wildman–Crippen LogP) is 5.71. The second-order valence-corrected chi connectivity index (χ2v) is 10.9. The van der Waals surface area contributed by atoms with Crippen LogP contribution in [0.25, 0.3) is 27.8 Å². The number of nitrogens with zero attached hydrogens (tertiary/aromatic N) is 4. The number of hydrogen-bond acceptors (Lipinski definition) is 5. The molecule has 6 aromatic rings. The van der Waals surface area contributed by atoms with E-state index in [4.69, 9.17) is 5.10 Å². The number of carbonyl (C=O) groups is 1. The fourth-order valence-corrected chi connectivity index (χ4v) is 4.89. The molecule has 2 amide bonds. The lowest BCUT2D eigenvalue weighted by Crippen LogP contribution is -2.21. The van der Waals surface area contributed by atoms with Gasteiger partial charge in [-0.15, -0.1) is 0 Å². The van der Waals surface area contributed by atoms with Gasteiger partial charge in [-0.05, 0) is 54.3 Å². The van der Waals surface area contributed by atoms with Crippen LogP contribution in [-0.2, 0) is 18.3 Å². The molecule has 0 saturated carbocycles. The molecule has 4 N–H and O–H groups in total. The molecule has 0 unspecified atom stereocenters. The highest BCUT2D eigenvalue weighted by Gasteiger charge is 2.22. The fraction of sp³-hybridized carbons (Fsp3) is 0.194. The van der Waals surface area contributed by atoms with E-state index in [1.165, 1.54) is 0 Å². The van der Waals surface area contributed by atoms with Gasteiger partial charge in [-0.2, -0.15) is 5.10 Å². The molecule has 0 radical (unpaired) electrons. The maximum Gasteiger partial charge on any atom is 0.325 e. The third-order valence-electron chi connectivity index (χ3n) is 7.00. The number of urea groups is 1. The Morgan fingerprint density at radius 3 is 2.49 bits per heavy atom. The number of rotatable bonds is 6. The van der Waals surface area contributed by atoms with Crippen LogP contribution in [0.3, 0.4) is 0 Å². The number of nitrogens with one attached hydrogen (secondary N) is 4. The summed E-state index contributed by atoms with van der Waals surface area (Å²) >= 11 is 0. The van der Waals surface area contributed by atoms with E-state index in [0.29, 0.717) is 35.5 Å². The van der Waals surface area contributed by atoms with Crippen molar-refractivity contribution < 1.29 is 4.79 Å². The lowest BCUT2D eigenvalue weighted by Gasteiger charge is -2.14. The van der Waals surface area contributed by atoms with Gasteiger partial charge in [-0.25, -0.2) is 19.3 Å². The third kappa shape index (κ3) is 5.31. The Morgan fingerprint density at radius 1 is 0.878 bits per heavy atom. The first kappa shape index (κ1) is 26.0. The number of aryl methyl sites for hydroxylation is 2. The zero-order valence-corrected chi connectivity index (χ0v) is 23.0. The number of aromatic amines is 2. The molecule has 0 fully saturated rings. The molecule has 0 spiro atoms. The van der Waals surface area contributed by atoms with Crippen molar-refractivity contribution >= 4 is 39.6 Å². The number of pyridine rings is 2. The molecule has 206 valence electrons. The monoisotopic (exact) mass is 546 g/mol. The summed E-state index contributed by atoms with van der Waals surface area (Å²) in [6.45, 7) is 6.26. The van der Waals surface area contributed by atoms with Gasteiger partial charge in [0, 0.05) is 29.3 Å². The standard InChI is InChI=1S/C31H30N8O2/c1-31(2,3)24-18-25(39(38-24)21-8-5-4-6-9-21)35-29(40)34-23-14-13-19(22-10-7-16-32-27(22)23)11-12-20-15-17-33-28-26(20)36-30(41)37-28/h4-10,13-18H,11-12H2,1-3H3,(H2,34,35,40)(H2,33,36,37,41). The van der Waals surface area contributed by atoms with Gasteiger partial charge in [0.25, 0.3) is 0 Å². The molecule has 4 aromatic heterocycles. The van der Waals surface area contributed by atoms with Crippen molar-refractivity contribution in [3.05, 3.63) is 106 Å². The lowest BCUT2D eigenvalue weighted by molar-refractivity contribution is 0.262. The molecule has 2 aromatic carbocycles. The second-order valence-electron chi connectivity index (χ2n) is 10.9. The van der Waals surface area contributed by atoms with Crippen molar-refractivity contribution in [1.29, 1.82) is 0 Å². The summed E-state index contributed by atoms with van der Waals surface area (Å²) in [6.07, 6.45) is 4.82. The summed E-state index contributed by atoms with van der Waals surface area (Å²) in [4.78, 5) is 39.4. The summed E-state index contributed by atoms with van der Waals surface area (Å²) in [6, 6.07) is 20.9. The van der Waals surface area contributed by atoms with E-state index in [0.717, 1.165) is 33.4 Å². The van der Waals surface area contributed by atoms with E-state index >= 15 is 0 Å². The van der Waals surface area contributed by atoms with E-state index in [9.17, 15) is 9.59 Å². The molecule has 0 aliphatic heterocycles. The molecule has 41 heavy (non-hydrogen) atoms. The Labute approximate surface area is 235 Å². The maximum absolute atomic E-state index is 13.3. The van der Waals surface area contributed by atoms with Crippen LogP contribution in [0.15, 0.2) is 83.9 Å². The van der Waals surface area contributed by atoms with Gasteiger partial charge >= 0.3 is 11.7 Å². The summed E-state index contributed by atoms with van der Waals surface area (Å²) in [5, 5.41) is 11.7. The Morgan fingerprint density at radius 2 is 1.68 bits per heavy atom. The predicted molar refractivity (Wildman–Crippen MR) is 161 cm³/mol. The van der Waals surface area contributed by atoms with E-state index in [1.54, 1.807) is 17.1 Å².